The number of anilines is 6. The van der Waals surface area contributed by atoms with Crippen LogP contribution < -0.4 is 9.80 Å². The van der Waals surface area contributed by atoms with E-state index in [4.69, 9.17) is 8.83 Å². The molecule has 0 bridgehead atoms. The molecule has 0 aliphatic carbocycles. The van der Waals surface area contributed by atoms with Crippen LogP contribution in [-0.4, -0.2) is 9.13 Å². The number of para-hydroxylation sites is 6. The van der Waals surface area contributed by atoms with E-state index < -0.39 is 0 Å². The van der Waals surface area contributed by atoms with Crippen molar-refractivity contribution < 1.29 is 8.83 Å². The lowest BCUT2D eigenvalue weighted by Gasteiger charge is -2.26. The fourth-order valence-electron chi connectivity index (χ4n) is 12.1. The number of fused-ring (bicyclic) bond motifs is 12. The molecule has 6 nitrogen and oxygen atoms in total. The van der Waals surface area contributed by atoms with E-state index in [1.807, 2.05) is 24.3 Å². The number of rotatable bonds is 9. The zero-order valence-electron chi connectivity index (χ0n) is 42.2. The molecule has 0 aliphatic heterocycles. The van der Waals surface area contributed by atoms with Gasteiger partial charge < -0.3 is 27.8 Å². The van der Waals surface area contributed by atoms with Crippen LogP contribution >= 0.6 is 0 Å². The van der Waals surface area contributed by atoms with Gasteiger partial charge in [-0.05, 0) is 157 Å². The Balaban J connectivity index is 0.808. The molecule has 0 aliphatic rings. The Morgan fingerprint density at radius 1 is 0.218 bits per heavy atom. The van der Waals surface area contributed by atoms with Gasteiger partial charge in [-0.3, -0.25) is 0 Å². The summed E-state index contributed by atoms with van der Waals surface area (Å²) in [6.45, 7) is 0. The molecule has 4 heterocycles. The summed E-state index contributed by atoms with van der Waals surface area (Å²) < 4.78 is 17.4. The summed E-state index contributed by atoms with van der Waals surface area (Å²) in [6.07, 6.45) is 0. The largest absolute Gasteiger partial charge is 0.456 e. The summed E-state index contributed by atoms with van der Waals surface area (Å²) in [5.74, 6) is 0. The first kappa shape index (κ1) is 43.8. The third kappa shape index (κ3) is 6.97. The minimum absolute atomic E-state index is 0.866. The molecule has 366 valence electrons. The highest BCUT2D eigenvalue weighted by Gasteiger charge is 2.22. The number of benzene rings is 12. The first-order chi connectivity index (χ1) is 38.7. The minimum Gasteiger partial charge on any atom is -0.456 e. The summed E-state index contributed by atoms with van der Waals surface area (Å²) in [4.78, 5) is 4.74. The maximum absolute atomic E-state index is 6.34. The first-order valence-corrected chi connectivity index (χ1v) is 26.5. The van der Waals surface area contributed by atoms with Gasteiger partial charge in [0.25, 0.3) is 0 Å². The lowest BCUT2D eigenvalue weighted by Crippen LogP contribution is -2.10. The fraction of sp³-hybridized carbons (Fsp3) is 0. The number of hydrogen-bond acceptors (Lipinski definition) is 4. The van der Waals surface area contributed by atoms with Crippen molar-refractivity contribution in [3.8, 4) is 22.5 Å². The van der Waals surface area contributed by atoms with E-state index in [0.29, 0.717) is 0 Å². The Hall–Kier alpha value is -10.6. The normalized spacial score (nSPS) is 11.8. The second-order valence-corrected chi connectivity index (χ2v) is 20.1. The predicted octanol–water partition coefficient (Wildman–Crippen LogP) is 20.3. The summed E-state index contributed by atoms with van der Waals surface area (Å²) >= 11 is 0. The van der Waals surface area contributed by atoms with Gasteiger partial charge in [0, 0.05) is 88.6 Å². The van der Waals surface area contributed by atoms with Gasteiger partial charge in [0.05, 0.1) is 22.1 Å². The lowest BCUT2D eigenvalue weighted by atomic mass is 10.0. The SMILES string of the molecule is c1ccc(-n2c3ccccc3c3cc(N(c4ccc(-c5ccc(N(c6ccc7oc8ccccc8c7c6)c6ccc7c(c6)c6ccccc6n7-c6ccccc6)cc5)cc4)c4ccc5oc6ccccc6c5c4)ccc32)cc1. The quantitative estimate of drug-likeness (QED) is 0.145. The van der Waals surface area contributed by atoms with E-state index >= 15 is 0 Å². The molecule has 0 saturated carbocycles. The lowest BCUT2D eigenvalue weighted by molar-refractivity contribution is 0.668. The molecule has 16 rings (SSSR count). The fourth-order valence-corrected chi connectivity index (χ4v) is 12.1. The standard InChI is InChI=1S/C72H46N4O2/c1-3-15-49(16-4-1)75-65-23-11-7-19-57(65)61-43-53(35-39-67(61)75)73(55-37-41-71-63(45-55)59-21-9-13-25-69(59)77-71)51-31-27-47(28-32-51)48-29-33-52(34-30-48)74(56-38-42-72-64(46-56)60-22-10-14-26-70(60)78-72)54-36-40-68-62(44-54)58-20-8-12-24-66(58)76(68)50-17-5-2-6-18-50/h1-46H. The summed E-state index contributed by atoms with van der Waals surface area (Å²) in [5.41, 5.74) is 19.0. The molecule has 0 amide bonds. The predicted molar refractivity (Wildman–Crippen MR) is 324 cm³/mol. The van der Waals surface area contributed by atoms with Gasteiger partial charge in [0.2, 0.25) is 0 Å². The Bertz CT molecular complexity index is 4650. The van der Waals surface area contributed by atoms with Crippen LogP contribution in [0.3, 0.4) is 0 Å². The molecule has 0 atom stereocenters. The second kappa shape index (κ2) is 17.5. The van der Waals surface area contributed by atoms with Gasteiger partial charge in [0.15, 0.2) is 0 Å². The number of furan rings is 2. The van der Waals surface area contributed by atoms with E-state index in [1.165, 1.54) is 32.6 Å². The first-order valence-electron chi connectivity index (χ1n) is 26.5. The average Bonchev–Trinajstić information content (AvgIpc) is 4.35. The number of nitrogens with zero attached hydrogens (tertiary/aromatic N) is 4. The highest BCUT2D eigenvalue weighted by atomic mass is 16.3. The number of hydrogen-bond donors (Lipinski definition) is 0. The van der Waals surface area contributed by atoms with Crippen LogP contribution in [0.15, 0.2) is 288 Å². The van der Waals surface area contributed by atoms with Crippen LogP contribution in [0.25, 0.3) is 110 Å². The van der Waals surface area contributed by atoms with Crippen LogP contribution in [0.4, 0.5) is 34.1 Å². The Kier molecular flexibility index (Phi) is 9.84. The van der Waals surface area contributed by atoms with E-state index in [0.717, 1.165) is 112 Å². The van der Waals surface area contributed by atoms with Crippen LogP contribution in [0.1, 0.15) is 0 Å². The Morgan fingerprint density at radius 3 is 0.949 bits per heavy atom. The molecule has 0 spiro atoms. The molecule has 0 fully saturated rings. The van der Waals surface area contributed by atoms with E-state index in [-0.39, 0.29) is 0 Å². The molecule has 0 unspecified atom stereocenters. The third-order valence-corrected chi connectivity index (χ3v) is 15.7. The van der Waals surface area contributed by atoms with Gasteiger partial charge in [-0.1, -0.05) is 133 Å². The monoisotopic (exact) mass is 998 g/mol. The van der Waals surface area contributed by atoms with Crippen molar-refractivity contribution in [2.24, 2.45) is 0 Å². The minimum atomic E-state index is 0.866. The zero-order chi connectivity index (χ0) is 51.3. The van der Waals surface area contributed by atoms with Gasteiger partial charge in [0.1, 0.15) is 22.3 Å². The van der Waals surface area contributed by atoms with Crippen LogP contribution in [0, 0.1) is 0 Å². The highest BCUT2D eigenvalue weighted by molar-refractivity contribution is 6.13. The van der Waals surface area contributed by atoms with Crippen LogP contribution in [-0.2, 0) is 0 Å². The zero-order valence-corrected chi connectivity index (χ0v) is 42.2. The van der Waals surface area contributed by atoms with E-state index in [2.05, 4.69) is 274 Å². The molecule has 0 saturated heterocycles. The summed E-state index contributed by atoms with van der Waals surface area (Å²) in [6, 6.07) is 100. The van der Waals surface area contributed by atoms with Crippen LogP contribution in [0.5, 0.6) is 0 Å². The molecule has 16 aromatic rings. The second-order valence-electron chi connectivity index (χ2n) is 20.1. The topological polar surface area (TPSA) is 42.6 Å². The molecular weight excluding hydrogens is 953 g/mol. The Morgan fingerprint density at radius 2 is 0.526 bits per heavy atom. The average molecular weight is 999 g/mol. The van der Waals surface area contributed by atoms with Crippen molar-refractivity contribution in [2.75, 3.05) is 9.80 Å². The maximum atomic E-state index is 6.34. The van der Waals surface area contributed by atoms with Gasteiger partial charge in [-0.2, -0.15) is 0 Å². The van der Waals surface area contributed by atoms with Crippen molar-refractivity contribution in [2.45, 2.75) is 0 Å². The molecule has 0 radical (unpaired) electrons. The van der Waals surface area contributed by atoms with Crippen molar-refractivity contribution in [1.29, 1.82) is 0 Å². The van der Waals surface area contributed by atoms with Crippen molar-refractivity contribution >= 4 is 122 Å². The Labute approximate surface area is 448 Å². The summed E-state index contributed by atoms with van der Waals surface area (Å²) in [5, 5.41) is 9.15. The van der Waals surface area contributed by atoms with Gasteiger partial charge in [-0.15, -0.1) is 0 Å². The third-order valence-electron chi connectivity index (χ3n) is 15.7. The highest BCUT2D eigenvalue weighted by Crippen LogP contribution is 2.45. The van der Waals surface area contributed by atoms with Gasteiger partial charge in [-0.25, -0.2) is 0 Å². The van der Waals surface area contributed by atoms with Crippen LogP contribution in [0.2, 0.25) is 0 Å². The van der Waals surface area contributed by atoms with Crippen molar-refractivity contribution in [3.05, 3.63) is 279 Å². The molecule has 6 heteroatoms. The molecule has 78 heavy (non-hydrogen) atoms. The molecule has 4 aromatic heterocycles. The maximum Gasteiger partial charge on any atom is 0.135 e. The van der Waals surface area contributed by atoms with Gasteiger partial charge >= 0.3 is 0 Å². The van der Waals surface area contributed by atoms with Crippen molar-refractivity contribution in [1.82, 2.24) is 9.13 Å². The smallest absolute Gasteiger partial charge is 0.135 e. The van der Waals surface area contributed by atoms with Crippen molar-refractivity contribution in [3.63, 3.8) is 0 Å². The van der Waals surface area contributed by atoms with E-state index in [1.54, 1.807) is 0 Å². The molecule has 0 N–H and O–H groups in total. The number of aromatic nitrogens is 2. The summed E-state index contributed by atoms with van der Waals surface area (Å²) in [7, 11) is 0. The molecule has 12 aromatic carbocycles. The molecular formula is C72H46N4O2. The van der Waals surface area contributed by atoms with E-state index in [9.17, 15) is 0 Å².